The largest absolute Gasteiger partial charge is 0.459 e. The molecule has 0 N–H and O–H groups in total. The molecule has 0 unspecified atom stereocenters. The summed E-state index contributed by atoms with van der Waals surface area (Å²) in [4.78, 5) is 10.7. The fourth-order valence-corrected chi connectivity index (χ4v) is 1.20. The van der Waals surface area contributed by atoms with Crippen molar-refractivity contribution in [2.75, 3.05) is 7.11 Å². The van der Waals surface area contributed by atoms with Gasteiger partial charge in [0.25, 0.3) is 0 Å². The first kappa shape index (κ1) is 15.9. The normalized spacial score (nSPS) is 11.6. The summed E-state index contributed by atoms with van der Waals surface area (Å²) >= 11 is 0. The van der Waals surface area contributed by atoms with Crippen molar-refractivity contribution in [2.45, 2.75) is 12.4 Å². The summed E-state index contributed by atoms with van der Waals surface area (Å²) in [6, 6.07) is 0.819. The molecule has 0 amide bonds. The van der Waals surface area contributed by atoms with Crippen LogP contribution in [0.2, 0.25) is 0 Å². The first-order chi connectivity index (χ1) is 9.04. The maximum atomic E-state index is 12.5. The van der Waals surface area contributed by atoms with E-state index in [4.69, 9.17) is 0 Å². The fourth-order valence-electron chi connectivity index (χ4n) is 1.20. The first-order valence-electron chi connectivity index (χ1n) is 4.93. The molecular weight excluding hydrogens is 290 g/mol. The molecule has 20 heavy (non-hydrogen) atoms. The number of esters is 1. The summed E-state index contributed by atoms with van der Waals surface area (Å²) in [7, 11) is 0.976. The molecule has 1 aromatic carbocycles. The zero-order valence-corrected chi connectivity index (χ0v) is 9.82. The molecule has 1 rings (SSSR count). The van der Waals surface area contributed by atoms with Gasteiger partial charge >= 0.3 is 18.3 Å². The topological polar surface area (TPSA) is 26.3 Å². The van der Waals surface area contributed by atoms with Crippen molar-refractivity contribution in [3.05, 3.63) is 34.9 Å². The Morgan fingerprint density at radius 1 is 1.00 bits per heavy atom. The second-order valence-electron chi connectivity index (χ2n) is 3.54. The summed E-state index contributed by atoms with van der Waals surface area (Å²) < 4.78 is 79.1. The molecule has 0 aliphatic rings. The Hall–Kier alpha value is -2.17. The Balaban J connectivity index is 3.38. The van der Waals surface area contributed by atoms with Crippen molar-refractivity contribution in [3.8, 4) is 11.8 Å². The van der Waals surface area contributed by atoms with Gasteiger partial charge in [0.15, 0.2) is 0 Å². The van der Waals surface area contributed by atoms with Gasteiger partial charge in [0.05, 0.1) is 18.2 Å². The van der Waals surface area contributed by atoms with Crippen LogP contribution in [0.4, 0.5) is 26.3 Å². The highest BCUT2D eigenvalue weighted by molar-refractivity contribution is 5.89. The van der Waals surface area contributed by atoms with Crippen LogP contribution in [-0.2, 0) is 21.9 Å². The van der Waals surface area contributed by atoms with Crippen LogP contribution in [0.3, 0.4) is 0 Å². The number of hydrogen-bond donors (Lipinski definition) is 0. The van der Waals surface area contributed by atoms with Gasteiger partial charge in [0, 0.05) is 11.5 Å². The Morgan fingerprint density at radius 3 is 1.80 bits per heavy atom. The van der Waals surface area contributed by atoms with E-state index in [1.807, 2.05) is 5.92 Å². The molecule has 0 heterocycles. The quantitative estimate of drug-likeness (QED) is 0.417. The molecule has 2 nitrogen and oxygen atoms in total. The van der Waals surface area contributed by atoms with Crippen LogP contribution in [-0.4, -0.2) is 13.1 Å². The number of alkyl halides is 6. The van der Waals surface area contributed by atoms with Crippen molar-refractivity contribution < 1.29 is 35.9 Å². The lowest BCUT2D eigenvalue weighted by atomic mass is 10.0. The second-order valence-corrected chi connectivity index (χ2v) is 3.54. The molecule has 0 atom stereocenters. The number of benzene rings is 1. The van der Waals surface area contributed by atoms with E-state index in [9.17, 15) is 31.1 Å². The Labute approximate surface area is 109 Å². The average Bonchev–Trinajstić information content (AvgIpc) is 2.33. The van der Waals surface area contributed by atoms with Crippen LogP contribution in [0.5, 0.6) is 0 Å². The lowest BCUT2D eigenvalue weighted by Gasteiger charge is -2.12. The van der Waals surface area contributed by atoms with Crippen LogP contribution in [0.1, 0.15) is 16.7 Å². The van der Waals surface area contributed by atoms with Gasteiger partial charge < -0.3 is 4.74 Å². The van der Waals surface area contributed by atoms with Crippen molar-refractivity contribution in [1.82, 2.24) is 0 Å². The lowest BCUT2D eigenvalue weighted by Crippen LogP contribution is -2.11. The molecule has 0 aliphatic heterocycles. The summed E-state index contributed by atoms with van der Waals surface area (Å²) in [5.41, 5.74) is -3.58. The van der Waals surface area contributed by atoms with E-state index >= 15 is 0 Å². The highest BCUT2D eigenvalue weighted by Gasteiger charge is 2.36. The molecule has 0 fully saturated rings. The molecule has 0 saturated carbocycles. The van der Waals surface area contributed by atoms with Gasteiger partial charge in [-0.2, -0.15) is 26.3 Å². The molecule has 0 bridgehead atoms. The Morgan fingerprint density at radius 2 is 1.45 bits per heavy atom. The van der Waals surface area contributed by atoms with Crippen molar-refractivity contribution >= 4 is 5.97 Å². The monoisotopic (exact) mass is 296 g/mol. The average molecular weight is 296 g/mol. The SMILES string of the molecule is COC(=O)C#Cc1cc(C(F)(F)F)cc(C(F)(F)F)c1. The predicted molar refractivity (Wildman–Crippen MR) is 55.3 cm³/mol. The van der Waals surface area contributed by atoms with E-state index in [0.29, 0.717) is 12.1 Å². The van der Waals surface area contributed by atoms with Crippen molar-refractivity contribution in [2.24, 2.45) is 0 Å². The minimum absolute atomic E-state index is 0.0245. The zero-order chi connectivity index (χ0) is 15.6. The van der Waals surface area contributed by atoms with E-state index in [2.05, 4.69) is 4.74 Å². The maximum Gasteiger partial charge on any atom is 0.416 e. The van der Waals surface area contributed by atoms with E-state index in [-0.39, 0.29) is 6.07 Å². The number of carbonyl (C=O) groups excluding carboxylic acids is 1. The second kappa shape index (κ2) is 5.45. The van der Waals surface area contributed by atoms with Crippen LogP contribution in [0.25, 0.3) is 0 Å². The third-order valence-corrected chi connectivity index (χ3v) is 2.08. The first-order valence-corrected chi connectivity index (χ1v) is 4.93. The number of halogens is 6. The Bertz CT molecular complexity index is 542. The number of methoxy groups -OCH3 is 1. The summed E-state index contributed by atoms with van der Waals surface area (Å²) in [6.45, 7) is 0. The third kappa shape index (κ3) is 4.19. The molecule has 1 aromatic rings. The Kier molecular flexibility index (Phi) is 4.33. The third-order valence-electron chi connectivity index (χ3n) is 2.08. The highest BCUT2D eigenvalue weighted by Crippen LogP contribution is 2.36. The van der Waals surface area contributed by atoms with Gasteiger partial charge in [-0.1, -0.05) is 5.92 Å². The number of rotatable bonds is 0. The van der Waals surface area contributed by atoms with Crippen LogP contribution in [0, 0.1) is 11.8 Å². The molecule has 0 aliphatic carbocycles. The fraction of sp³-hybridized carbons (Fsp3) is 0.250. The van der Waals surface area contributed by atoms with Gasteiger partial charge in [0.2, 0.25) is 0 Å². The van der Waals surface area contributed by atoms with Crippen molar-refractivity contribution in [3.63, 3.8) is 0 Å². The summed E-state index contributed by atoms with van der Waals surface area (Å²) in [5, 5.41) is 0. The van der Waals surface area contributed by atoms with Crippen LogP contribution >= 0.6 is 0 Å². The van der Waals surface area contributed by atoms with E-state index < -0.39 is 35.0 Å². The minimum Gasteiger partial charge on any atom is -0.459 e. The maximum absolute atomic E-state index is 12.5. The molecule has 0 aromatic heterocycles. The van der Waals surface area contributed by atoms with Gasteiger partial charge in [-0.05, 0) is 18.2 Å². The predicted octanol–water partition coefficient (Wildman–Crippen LogP) is 3.25. The highest BCUT2D eigenvalue weighted by atomic mass is 19.4. The van der Waals surface area contributed by atoms with Crippen molar-refractivity contribution in [1.29, 1.82) is 0 Å². The zero-order valence-electron chi connectivity index (χ0n) is 9.82. The van der Waals surface area contributed by atoms with Crippen LogP contribution < -0.4 is 0 Å². The van der Waals surface area contributed by atoms with Gasteiger partial charge in [0.1, 0.15) is 0 Å². The van der Waals surface area contributed by atoms with E-state index in [0.717, 1.165) is 7.11 Å². The van der Waals surface area contributed by atoms with Gasteiger partial charge in [-0.25, -0.2) is 4.79 Å². The number of hydrogen-bond acceptors (Lipinski definition) is 2. The number of ether oxygens (including phenoxy) is 1. The van der Waals surface area contributed by atoms with Gasteiger partial charge in [-0.3, -0.25) is 0 Å². The number of carbonyl (C=O) groups is 1. The van der Waals surface area contributed by atoms with Crippen LogP contribution in [0.15, 0.2) is 18.2 Å². The molecule has 8 heteroatoms. The smallest absolute Gasteiger partial charge is 0.416 e. The lowest BCUT2D eigenvalue weighted by molar-refractivity contribution is -0.143. The van der Waals surface area contributed by atoms with Gasteiger partial charge in [-0.15, -0.1) is 0 Å². The van der Waals surface area contributed by atoms with E-state index in [1.165, 1.54) is 0 Å². The molecule has 108 valence electrons. The molecular formula is C12H6F6O2. The standard InChI is InChI=1S/C12H6F6O2/c1-20-10(19)3-2-7-4-8(11(13,14)15)6-9(5-7)12(16,17)18/h4-6H,1H3. The minimum atomic E-state index is -4.96. The summed E-state index contributed by atoms with van der Waals surface area (Å²) in [5.74, 6) is 2.58. The van der Waals surface area contributed by atoms with E-state index in [1.54, 1.807) is 5.92 Å². The molecule has 0 saturated heterocycles. The summed E-state index contributed by atoms with van der Waals surface area (Å²) in [6.07, 6.45) is -9.91. The molecule has 0 radical (unpaired) electrons. The molecule has 0 spiro atoms.